The van der Waals surface area contributed by atoms with Gasteiger partial charge >= 0.3 is 0 Å². The van der Waals surface area contributed by atoms with Gasteiger partial charge in [0.1, 0.15) is 22.3 Å². The SMILES string of the molecule is CCCC1C(=O)NCCN1S(=O)(=O)c1cccc2c1OC(C)(C)C2. The molecule has 1 amide bonds. The first-order chi connectivity index (χ1) is 11.3. The van der Waals surface area contributed by atoms with Crippen LogP contribution in [0.1, 0.15) is 39.2 Å². The number of carbonyl (C=O) groups is 1. The molecule has 1 saturated heterocycles. The number of hydrogen-bond donors (Lipinski definition) is 1. The zero-order chi connectivity index (χ0) is 17.5. The molecule has 1 N–H and O–H groups in total. The van der Waals surface area contributed by atoms with E-state index in [9.17, 15) is 13.2 Å². The van der Waals surface area contributed by atoms with Gasteiger partial charge in [-0.15, -0.1) is 0 Å². The molecule has 0 aliphatic carbocycles. The number of carbonyl (C=O) groups excluding carboxylic acids is 1. The van der Waals surface area contributed by atoms with E-state index in [1.807, 2.05) is 26.8 Å². The maximum atomic E-state index is 13.3. The largest absolute Gasteiger partial charge is 0.486 e. The monoisotopic (exact) mass is 352 g/mol. The summed E-state index contributed by atoms with van der Waals surface area (Å²) in [5.41, 5.74) is 0.477. The smallest absolute Gasteiger partial charge is 0.247 e. The van der Waals surface area contributed by atoms with Crippen molar-refractivity contribution in [3.8, 4) is 5.75 Å². The normalized spacial score (nSPS) is 23.5. The van der Waals surface area contributed by atoms with E-state index in [1.165, 1.54) is 4.31 Å². The molecule has 1 aromatic rings. The molecule has 0 radical (unpaired) electrons. The molecule has 1 unspecified atom stereocenters. The first-order valence-electron chi connectivity index (χ1n) is 8.37. The molecule has 2 aliphatic heterocycles. The molecule has 6 nitrogen and oxygen atoms in total. The molecule has 7 heteroatoms. The van der Waals surface area contributed by atoms with Gasteiger partial charge in [0.15, 0.2) is 0 Å². The van der Waals surface area contributed by atoms with Crippen LogP contribution in [0.5, 0.6) is 5.75 Å². The van der Waals surface area contributed by atoms with Gasteiger partial charge in [0.25, 0.3) is 0 Å². The van der Waals surface area contributed by atoms with Crippen molar-refractivity contribution in [3.63, 3.8) is 0 Å². The van der Waals surface area contributed by atoms with Gasteiger partial charge in [0.05, 0.1) is 0 Å². The summed E-state index contributed by atoms with van der Waals surface area (Å²) in [7, 11) is -3.79. The highest BCUT2D eigenvalue weighted by molar-refractivity contribution is 7.89. The molecule has 132 valence electrons. The number of sulfonamides is 1. The van der Waals surface area contributed by atoms with Crippen LogP contribution in [0, 0.1) is 0 Å². The number of hydrogen-bond acceptors (Lipinski definition) is 4. The lowest BCUT2D eigenvalue weighted by Crippen LogP contribution is -2.56. The van der Waals surface area contributed by atoms with Crippen molar-refractivity contribution in [2.75, 3.05) is 13.1 Å². The zero-order valence-electron chi connectivity index (χ0n) is 14.3. The number of rotatable bonds is 4. The van der Waals surface area contributed by atoms with Crippen molar-refractivity contribution < 1.29 is 17.9 Å². The van der Waals surface area contributed by atoms with Gasteiger partial charge in [-0.3, -0.25) is 4.79 Å². The average Bonchev–Trinajstić information content (AvgIpc) is 2.82. The van der Waals surface area contributed by atoms with Crippen LogP contribution in [0.4, 0.5) is 0 Å². The van der Waals surface area contributed by atoms with Gasteiger partial charge in [-0.2, -0.15) is 4.31 Å². The quantitative estimate of drug-likeness (QED) is 0.895. The second-order valence-corrected chi connectivity index (χ2v) is 8.85. The third kappa shape index (κ3) is 2.91. The van der Waals surface area contributed by atoms with Gasteiger partial charge in [-0.1, -0.05) is 25.5 Å². The third-order valence-corrected chi connectivity index (χ3v) is 6.42. The number of para-hydroxylation sites is 1. The Hall–Kier alpha value is -1.60. The molecule has 2 heterocycles. The van der Waals surface area contributed by atoms with Crippen molar-refractivity contribution in [2.45, 2.75) is 56.6 Å². The van der Waals surface area contributed by atoms with E-state index in [2.05, 4.69) is 5.32 Å². The standard InChI is InChI=1S/C17H24N2O4S/c1-4-6-13-16(20)18-9-10-19(13)24(21,22)14-8-5-7-12-11-17(2,3)23-15(12)14/h5,7-8,13H,4,6,9-11H2,1-3H3,(H,18,20). The Labute approximate surface area is 143 Å². The Morgan fingerprint density at radius 1 is 1.38 bits per heavy atom. The number of amides is 1. The molecule has 3 rings (SSSR count). The van der Waals surface area contributed by atoms with Gasteiger partial charge in [-0.25, -0.2) is 8.42 Å². The number of piperazine rings is 1. The van der Waals surface area contributed by atoms with Gasteiger partial charge in [-0.05, 0) is 31.9 Å². The van der Waals surface area contributed by atoms with Gasteiger partial charge in [0, 0.05) is 19.5 Å². The van der Waals surface area contributed by atoms with Crippen LogP contribution in [-0.2, 0) is 21.2 Å². The fourth-order valence-electron chi connectivity index (χ4n) is 3.45. The minimum absolute atomic E-state index is 0.168. The molecule has 1 aromatic carbocycles. The van der Waals surface area contributed by atoms with E-state index >= 15 is 0 Å². The molecule has 1 atom stereocenters. The summed E-state index contributed by atoms with van der Waals surface area (Å²) in [5.74, 6) is 0.212. The molecule has 2 aliphatic rings. The summed E-state index contributed by atoms with van der Waals surface area (Å²) < 4.78 is 33.8. The molecule has 0 saturated carbocycles. The summed E-state index contributed by atoms with van der Waals surface area (Å²) in [6, 6.07) is 4.56. The van der Waals surface area contributed by atoms with Crippen LogP contribution in [0.2, 0.25) is 0 Å². The highest BCUT2D eigenvalue weighted by atomic mass is 32.2. The summed E-state index contributed by atoms with van der Waals surface area (Å²) in [6.45, 7) is 6.44. The lowest BCUT2D eigenvalue weighted by Gasteiger charge is -2.34. The topological polar surface area (TPSA) is 75.7 Å². The third-order valence-electron chi connectivity index (χ3n) is 4.49. The van der Waals surface area contributed by atoms with Crippen LogP contribution in [0.3, 0.4) is 0 Å². The van der Waals surface area contributed by atoms with Gasteiger partial charge < -0.3 is 10.1 Å². The van der Waals surface area contributed by atoms with E-state index in [-0.39, 0.29) is 17.3 Å². The van der Waals surface area contributed by atoms with Crippen molar-refractivity contribution >= 4 is 15.9 Å². The Morgan fingerprint density at radius 2 is 2.12 bits per heavy atom. The highest BCUT2D eigenvalue weighted by Gasteiger charge is 2.41. The Kier molecular flexibility index (Phi) is 4.34. The molecule has 0 spiro atoms. The maximum Gasteiger partial charge on any atom is 0.247 e. The van der Waals surface area contributed by atoms with Crippen molar-refractivity contribution in [1.82, 2.24) is 9.62 Å². The maximum absolute atomic E-state index is 13.3. The van der Waals surface area contributed by atoms with E-state index in [1.54, 1.807) is 12.1 Å². The fraction of sp³-hybridized carbons (Fsp3) is 0.588. The van der Waals surface area contributed by atoms with Crippen LogP contribution < -0.4 is 10.1 Å². The predicted octanol–water partition coefficient (Wildman–Crippen LogP) is 1.69. The Balaban J connectivity index is 2.03. The van der Waals surface area contributed by atoms with Crippen molar-refractivity contribution in [1.29, 1.82) is 0 Å². The lowest BCUT2D eigenvalue weighted by atomic mass is 10.0. The van der Waals surface area contributed by atoms with Crippen LogP contribution in [0.15, 0.2) is 23.1 Å². The van der Waals surface area contributed by atoms with Crippen LogP contribution in [0.25, 0.3) is 0 Å². The second-order valence-electron chi connectivity index (χ2n) is 6.99. The average molecular weight is 352 g/mol. The number of fused-ring (bicyclic) bond motifs is 1. The Morgan fingerprint density at radius 3 is 2.83 bits per heavy atom. The van der Waals surface area contributed by atoms with E-state index in [0.717, 1.165) is 12.0 Å². The molecule has 24 heavy (non-hydrogen) atoms. The van der Waals surface area contributed by atoms with Crippen LogP contribution >= 0.6 is 0 Å². The first kappa shape index (κ1) is 17.2. The van der Waals surface area contributed by atoms with E-state index in [0.29, 0.717) is 25.1 Å². The summed E-state index contributed by atoms with van der Waals surface area (Å²) in [4.78, 5) is 12.3. The van der Waals surface area contributed by atoms with Crippen molar-refractivity contribution in [2.24, 2.45) is 0 Å². The molecule has 1 fully saturated rings. The highest BCUT2D eigenvalue weighted by Crippen LogP contribution is 2.41. The van der Waals surface area contributed by atoms with E-state index in [4.69, 9.17) is 4.74 Å². The van der Waals surface area contributed by atoms with E-state index < -0.39 is 21.7 Å². The first-order valence-corrected chi connectivity index (χ1v) is 9.81. The lowest BCUT2D eigenvalue weighted by molar-refractivity contribution is -0.126. The number of ether oxygens (including phenoxy) is 1. The van der Waals surface area contributed by atoms with Crippen LogP contribution in [-0.4, -0.2) is 43.4 Å². The zero-order valence-corrected chi connectivity index (χ0v) is 15.1. The second kappa shape index (κ2) is 6.04. The number of benzene rings is 1. The summed E-state index contributed by atoms with van der Waals surface area (Å²) in [5, 5.41) is 2.76. The molecule has 0 bridgehead atoms. The van der Waals surface area contributed by atoms with Crippen molar-refractivity contribution in [3.05, 3.63) is 23.8 Å². The molecular weight excluding hydrogens is 328 g/mol. The summed E-state index contributed by atoms with van der Waals surface area (Å²) in [6.07, 6.45) is 1.91. The minimum atomic E-state index is -3.79. The fourth-order valence-corrected chi connectivity index (χ4v) is 5.22. The molecule has 0 aromatic heterocycles. The number of nitrogens with zero attached hydrogens (tertiary/aromatic N) is 1. The Bertz CT molecular complexity index is 758. The summed E-state index contributed by atoms with van der Waals surface area (Å²) >= 11 is 0. The molecular formula is C17H24N2O4S. The minimum Gasteiger partial charge on any atom is -0.486 e. The van der Waals surface area contributed by atoms with Gasteiger partial charge in [0.2, 0.25) is 15.9 Å². The number of nitrogens with one attached hydrogen (secondary N) is 1. The predicted molar refractivity (Wildman–Crippen MR) is 90.5 cm³/mol.